The van der Waals surface area contributed by atoms with Crippen molar-refractivity contribution in [3.05, 3.63) is 17.5 Å². The van der Waals surface area contributed by atoms with E-state index in [9.17, 15) is 4.79 Å². The third kappa shape index (κ3) is 2.18. The molecule has 0 saturated heterocycles. The van der Waals surface area contributed by atoms with Crippen LogP contribution in [0.3, 0.4) is 0 Å². The number of fused-ring (bicyclic) bond motifs is 1. The van der Waals surface area contributed by atoms with Crippen LogP contribution in [0.15, 0.2) is 6.20 Å². The lowest BCUT2D eigenvalue weighted by molar-refractivity contribution is -0.124. The van der Waals surface area contributed by atoms with Crippen molar-refractivity contribution >= 4 is 5.91 Å². The molecule has 0 bridgehead atoms. The maximum atomic E-state index is 12.7. The number of amides is 1. The molecule has 0 aromatic carbocycles. The van der Waals surface area contributed by atoms with Crippen LogP contribution in [0, 0.1) is 16.7 Å². The van der Waals surface area contributed by atoms with Gasteiger partial charge in [0.2, 0.25) is 5.91 Å². The Morgan fingerprint density at radius 2 is 2.09 bits per heavy atom. The molecule has 1 fully saturated rings. The number of nitrogens with one attached hydrogen (secondary N) is 1. The second kappa shape index (κ2) is 5.08. The Hall–Kier alpha value is -1.36. The zero-order chi connectivity index (χ0) is 16.1. The largest absolute Gasteiger partial charge is 0.394 e. The molecule has 0 radical (unpaired) electrons. The number of hydrogen-bond acceptors (Lipinski definition) is 3. The minimum absolute atomic E-state index is 0.0651. The van der Waals surface area contributed by atoms with Crippen LogP contribution in [0.2, 0.25) is 0 Å². The minimum atomic E-state index is 0.0651. The van der Waals surface area contributed by atoms with Gasteiger partial charge in [-0.05, 0) is 30.1 Å². The number of aliphatic hydroxyl groups is 1. The Kier molecular flexibility index (Phi) is 3.59. The van der Waals surface area contributed by atoms with E-state index in [0.717, 1.165) is 24.8 Å². The van der Waals surface area contributed by atoms with E-state index in [1.165, 1.54) is 5.69 Å². The van der Waals surface area contributed by atoms with Crippen molar-refractivity contribution in [1.82, 2.24) is 15.1 Å². The summed E-state index contributed by atoms with van der Waals surface area (Å²) in [6.45, 7) is 9.30. The molecule has 1 aromatic rings. The van der Waals surface area contributed by atoms with E-state index in [1.807, 2.05) is 10.9 Å². The molecule has 22 heavy (non-hydrogen) atoms. The maximum absolute atomic E-state index is 12.7. The van der Waals surface area contributed by atoms with Gasteiger partial charge in [-0.25, -0.2) is 0 Å². The first-order valence-corrected chi connectivity index (χ1v) is 8.26. The minimum Gasteiger partial charge on any atom is -0.394 e. The van der Waals surface area contributed by atoms with E-state index < -0.39 is 0 Å². The molecular weight excluding hydrogens is 278 g/mol. The highest BCUT2D eigenvalue weighted by Crippen LogP contribution is 2.68. The molecule has 1 atom stereocenters. The summed E-state index contributed by atoms with van der Waals surface area (Å²) in [7, 11) is 0. The van der Waals surface area contributed by atoms with Gasteiger partial charge >= 0.3 is 0 Å². The van der Waals surface area contributed by atoms with Gasteiger partial charge in [0, 0.05) is 17.2 Å². The van der Waals surface area contributed by atoms with Gasteiger partial charge in [-0.15, -0.1) is 0 Å². The van der Waals surface area contributed by atoms with Crippen LogP contribution >= 0.6 is 0 Å². The van der Waals surface area contributed by atoms with Crippen LogP contribution in [-0.4, -0.2) is 27.4 Å². The predicted molar refractivity (Wildman–Crippen MR) is 84.2 cm³/mol. The molecule has 1 unspecified atom stereocenters. The van der Waals surface area contributed by atoms with E-state index in [-0.39, 0.29) is 35.3 Å². The number of aliphatic hydroxyl groups excluding tert-OH is 1. The molecule has 0 spiro atoms. The Balaban J connectivity index is 1.75. The van der Waals surface area contributed by atoms with Crippen molar-refractivity contribution in [2.24, 2.45) is 16.7 Å². The van der Waals surface area contributed by atoms with Crippen LogP contribution < -0.4 is 5.32 Å². The summed E-state index contributed by atoms with van der Waals surface area (Å²) in [5.41, 5.74) is 2.43. The smallest absolute Gasteiger partial charge is 0.224 e. The van der Waals surface area contributed by atoms with E-state index in [1.54, 1.807) is 0 Å². The average Bonchev–Trinajstić information content (AvgIpc) is 2.74. The Labute approximate surface area is 132 Å². The molecule has 2 N–H and O–H groups in total. The lowest BCUT2D eigenvalue weighted by Gasteiger charge is -2.24. The average molecular weight is 305 g/mol. The number of nitrogens with zero attached hydrogens (tertiary/aromatic N) is 2. The first-order chi connectivity index (χ1) is 10.3. The monoisotopic (exact) mass is 305 g/mol. The molecule has 3 rings (SSSR count). The normalized spacial score (nSPS) is 25.6. The van der Waals surface area contributed by atoms with Gasteiger partial charge in [0.15, 0.2) is 0 Å². The summed E-state index contributed by atoms with van der Waals surface area (Å²) in [5, 5.41) is 16.7. The van der Waals surface area contributed by atoms with E-state index >= 15 is 0 Å². The SMILES string of the molecule is CC1(C)C(C(=O)NC2CCCc3c2cnn3CCO)C1(C)C. The highest BCUT2D eigenvalue weighted by atomic mass is 16.3. The summed E-state index contributed by atoms with van der Waals surface area (Å²) < 4.78 is 1.87. The fourth-order valence-electron chi connectivity index (χ4n) is 4.16. The van der Waals surface area contributed by atoms with Crippen LogP contribution in [0.1, 0.15) is 57.8 Å². The van der Waals surface area contributed by atoms with Crippen LogP contribution in [0.25, 0.3) is 0 Å². The van der Waals surface area contributed by atoms with Crippen LogP contribution in [-0.2, 0) is 17.8 Å². The molecule has 122 valence electrons. The Morgan fingerprint density at radius 3 is 2.68 bits per heavy atom. The number of rotatable bonds is 4. The second-order valence-corrected chi connectivity index (χ2v) is 7.82. The summed E-state index contributed by atoms with van der Waals surface area (Å²) in [6, 6.07) is 0.0656. The molecule has 1 aromatic heterocycles. The number of carbonyl (C=O) groups is 1. The van der Waals surface area contributed by atoms with Gasteiger partial charge in [0.05, 0.1) is 25.4 Å². The summed E-state index contributed by atoms with van der Waals surface area (Å²) in [6.07, 6.45) is 4.85. The predicted octanol–water partition coefficient (Wildman–Crippen LogP) is 2.05. The first kappa shape index (κ1) is 15.5. The topological polar surface area (TPSA) is 67.2 Å². The van der Waals surface area contributed by atoms with Crippen LogP contribution in [0.5, 0.6) is 0 Å². The van der Waals surface area contributed by atoms with Gasteiger partial charge in [0.25, 0.3) is 0 Å². The molecule has 2 aliphatic carbocycles. The standard InChI is InChI=1S/C17H27N3O2/c1-16(2)14(17(16,3)4)15(22)19-12-6-5-7-13-11(12)10-18-20(13)8-9-21/h10,12,14,21H,5-9H2,1-4H3,(H,19,22). The van der Waals surface area contributed by atoms with Crippen LogP contribution in [0.4, 0.5) is 0 Å². The first-order valence-electron chi connectivity index (χ1n) is 8.26. The zero-order valence-electron chi connectivity index (χ0n) is 14.0. The molecule has 0 aliphatic heterocycles. The van der Waals surface area contributed by atoms with Crippen molar-refractivity contribution in [2.45, 2.75) is 59.5 Å². The summed E-state index contributed by atoms with van der Waals surface area (Å²) in [4.78, 5) is 12.7. The highest BCUT2D eigenvalue weighted by Gasteiger charge is 2.68. The van der Waals surface area contributed by atoms with E-state index in [2.05, 4.69) is 38.1 Å². The second-order valence-electron chi connectivity index (χ2n) is 7.82. The third-order valence-corrected chi connectivity index (χ3v) is 6.17. The lowest BCUT2D eigenvalue weighted by atomic mass is 9.92. The van der Waals surface area contributed by atoms with Gasteiger partial charge in [0.1, 0.15) is 0 Å². The third-order valence-electron chi connectivity index (χ3n) is 6.17. The molecular formula is C17H27N3O2. The Morgan fingerprint density at radius 1 is 1.41 bits per heavy atom. The van der Waals surface area contributed by atoms with Crippen molar-refractivity contribution in [3.8, 4) is 0 Å². The summed E-state index contributed by atoms with van der Waals surface area (Å²) >= 11 is 0. The molecule has 1 amide bonds. The maximum Gasteiger partial charge on any atom is 0.224 e. The van der Waals surface area contributed by atoms with Crippen molar-refractivity contribution < 1.29 is 9.90 Å². The molecule has 5 nitrogen and oxygen atoms in total. The molecule has 2 aliphatic rings. The van der Waals surface area contributed by atoms with Gasteiger partial charge in [-0.1, -0.05) is 27.7 Å². The van der Waals surface area contributed by atoms with Crippen molar-refractivity contribution in [2.75, 3.05) is 6.61 Å². The van der Waals surface area contributed by atoms with Gasteiger partial charge < -0.3 is 10.4 Å². The fourth-order valence-corrected chi connectivity index (χ4v) is 4.16. The van der Waals surface area contributed by atoms with Gasteiger partial charge in [-0.3, -0.25) is 9.48 Å². The van der Waals surface area contributed by atoms with Gasteiger partial charge in [-0.2, -0.15) is 5.10 Å². The number of hydrogen-bond donors (Lipinski definition) is 2. The Bertz CT molecular complexity index is 575. The fraction of sp³-hybridized carbons (Fsp3) is 0.765. The highest BCUT2D eigenvalue weighted by molar-refractivity contribution is 5.84. The quantitative estimate of drug-likeness (QED) is 0.894. The summed E-state index contributed by atoms with van der Waals surface area (Å²) in [5.74, 6) is 0.251. The number of carbonyl (C=O) groups excluding carboxylic acids is 1. The van der Waals surface area contributed by atoms with Crippen molar-refractivity contribution in [1.29, 1.82) is 0 Å². The molecule has 1 saturated carbocycles. The van der Waals surface area contributed by atoms with E-state index in [4.69, 9.17) is 5.11 Å². The zero-order valence-corrected chi connectivity index (χ0v) is 14.0. The van der Waals surface area contributed by atoms with Crippen molar-refractivity contribution in [3.63, 3.8) is 0 Å². The number of aromatic nitrogens is 2. The molecule has 5 heteroatoms. The lowest BCUT2D eigenvalue weighted by Crippen LogP contribution is -2.33. The van der Waals surface area contributed by atoms with E-state index in [0.29, 0.717) is 6.54 Å². The molecule has 1 heterocycles.